The van der Waals surface area contributed by atoms with Crippen molar-refractivity contribution in [1.82, 2.24) is 20.2 Å². The zero-order chi connectivity index (χ0) is 21.8. The lowest BCUT2D eigenvalue weighted by Gasteiger charge is -2.27. The number of aromatic nitrogens is 2. The average molecular weight is 440 g/mol. The summed E-state index contributed by atoms with van der Waals surface area (Å²) in [5, 5.41) is 7.36. The largest absolute Gasteiger partial charge is 0.379 e. The highest BCUT2D eigenvalue weighted by Crippen LogP contribution is 2.32. The maximum Gasteiger partial charge on any atom is 0.242 e. The molecule has 1 amide bonds. The van der Waals surface area contributed by atoms with Gasteiger partial charge in [-0.05, 0) is 37.5 Å². The number of nitrogens with one attached hydrogen (secondary N) is 2. The number of anilines is 1. The van der Waals surface area contributed by atoms with Crippen molar-refractivity contribution >= 4 is 33.3 Å². The highest BCUT2D eigenvalue weighted by Gasteiger charge is 2.18. The summed E-state index contributed by atoms with van der Waals surface area (Å²) < 4.78 is 5.44. The summed E-state index contributed by atoms with van der Waals surface area (Å²) >= 11 is 1.65. The Morgan fingerprint density at radius 1 is 1.19 bits per heavy atom. The number of rotatable bonds is 7. The van der Waals surface area contributed by atoms with E-state index in [-0.39, 0.29) is 5.91 Å². The van der Waals surface area contributed by atoms with Crippen molar-refractivity contribution in [2.24, 2.45) is 0 Å². The number of hydrogen-bond acceptors (Lipinski definition) is 7. The number of nitrogens with zero attached hydrogens (tertiary/aromatic N) is 3. The Kier molecular flexibility index (Phi) is 6.80. The second-order valence-electron chi connectivity index (χ2n) is 7.93. The van der Waals surface area contributed by atoms with Gasteiger partial charge in [-0.25, -0.2) is 9.97 Å². The fourth-order valence-electron chi connectivity index (χ4n) is 3.78. The summed E-state index contributed by atoms with van der Waals surface area (Å²) in [6.07, 6.45) is 1.55. The number of carbonyl (C=O) groups excluding carboxylic acids is 1. The van der Waals surface area contributed by atoms with Gasteiger partial charge in [0.05, 0.1) is 18.6 Å². The van der Waals surface area contributed by atoms with Crippen LogP contribution in [0.5, 0.6) is 0 Å². The number of thiophene rings is 1. The van der Waals surface area contributed by atoms with Crippen LogP contribution in [0.25, 0.3) is 10.2 Å². The second kappa shape index (κ2) is 9.72. The summed E-state index contributed by atoms with van der Waals surface area (Å²) in [7, 11) is 0. The molecule has 1 unspecified atom stereocenters. The number of benzene rings is 1. The first-order valence-electron chi connectivity index (χ1n) is 10.6. The third-order valence-corrected chi connectivity index (χ3v) is 6.90. The first-order valence-corrected chi connectivity index (χ1v) is 11.5. The molecule has 0 aliphatic carbocycles. The Balaban J connectivity index is 1.39. The van der Waals surface area contributed by atoms with Crippen molar-refractivity contribution in [2.45, 2.75) is 39.9 Å². The van der Waals surface area contributed by atoms with Crippen LogP contribution in [0, 0.1) is 13.8 Å². The van der Waals surface area contributed by atoms with E-state index in [0.717, 1.165) is 54.2 Å². The summed E-state index contributed by atoms with van der Waals surface area (Å²) in [5.74, 6) is 0.653. The lowest BCUT2D eigenvalue weighted by Crippen LogP contribution is -2.38. The number of fused-ring (bicyclic) bond motifs is 1. The van der Waals surface area contributed by atoms with Crippen molar-refractivity contribution < 1.29 is 9.53 Å². The van der Waals surface area contributed by atoms with Crippen LogP contribution in [0.1, 0.15) is 28.5 Å². The maximum atomic E-state index is 12.8. The molecule has 1 fully saturated rings. The van der Waals surface area contributed by atoms with Gasteiger partial charge in [-0.15, -0.1) is 11.3 Å². The molecule has 2 aromatic heterocycles. The number of morpholine rings is 1. The molecule has 2 N–H and O–H groups in total. The highest BCUT2D eigenvalue weighted by atomic mass is 32.1. The Morgan fingerprint density at radius 2 is 1.94 bits per heavy atom. The van der Waals surface area contributed by atoms with Crippen molar-refractivity contribution in [3.63, 3.8) is 0 Å². The molecule has 0 spiro atoms. The van der Waals surface area contributed by atoms with E-state index in [1.54, 1.807) is 17.7 Å². The minimum atomic E-state index is -0.413. The topological polar surface area (TPSA) is 79.4 Å². The number of ether oxygens (including phenoxy) is 1. The minimum absolute atomic E-state index is 0.0578. The molecule has 0 radical (unpaired) electrons. The van der Waals surface area contributed by atoms with E-state index in [9.17, 15) is 4.79 Å². The minimum Gasteiger partial charge on any atom is -0.379 e. The van der Waals surface area contributed by atoms with Crippen molar-refractivity contribution in [3.05, 3.63) is 52.2 Å². The molecule has 0 saturated carbocycles. The van der Waals surface area contributed by atoms with Crippen LogP contribution in [-0.2, 0) is 22.6 Å². The summed E-state index contributed by atoms with van der Waals surface area (Å²) in [5.41, 5.74) is 3.54. The lowest BCUT2D eigenvalue weighted by molar-refractivity contribution is -0.121. The molecule has 31 heavy (non-hydrogen) atoms. The molecular weight excluding hydrogens is 410 g/mol. The molecule has 1 atom stereocenters. The quantitative estimate of drug-likeness (QED) is 0.588. The third-order valence-electron chi connectivity index (χ3n) is 5.78. The molecule has 164 valence electrons. The van der Waals surface area contributed by atoms with Crippen LogP contribution < -0.4 is 10.6 Å². The van der Waals surface area contributed by atoms with Gasteiger partial charge in [-0.3, -0.25) is 9.69 Å². The van der Waals surface area contributed by atoms with Gasteiger partial charge in [-0.2, -0.15) is 0 Å². The monoisotopic (exact) mass is 439 g/mol. The molecular formula is C23H29N5O2S. The standard InChI is InChI=1S/C23H29N5O2S/c1-15-17(3)31-23-20(15)21(25-14-26-23)27-16(2)22(29)24-12-18-6-4-5-7-19(18)13-28-8-10-30-11-9-28/h4-7,14,16H,8-13H2,1-3H3,(H,24,29)(H,25,26,27). The first-order chi connectivity index (χ1) is 15.0. The first kappa shape index (κ1) is 21.7. The highest BCUT2D eigenvalue weighted by molar-refractivity contribution is 7.18. The molecule has 7 nitrogen and oxygen atoms in total. The van der Waals surface area contributed by atoms with Gasteiger partial charge in [0, 0.05) is 31.1 Å². The van der Waals surface area contributed by atoms with E-state index >= 15 is 0 Å². The molecule has 0 bridgehead atoms. The van der Waals surface area contributed by atoms with Crippen LogP contribution in [0.3, 0.4) is 0 Å². The van der Waals surface area contributed by atoms with Gasteiger partial charge < -0.3 is 15.4 Å². The number of aryl methyl sites for hydroxylation is 2. The Bertz CT molecular complexity index is 1060. The van der Waals surface area contributed by atoms with Gasteiger partial charge in [-0.1, -0.05) is 24.3 Å². The molecule has 1 aliphatic rings. The average Bonchev–Trinajstić information content (AvgIpc) is 3.08. The predicted octanol–water partition coefficient (Wildman–Crippen LogP) is 3.26. The molecule has 1 aliphatic heterocycles. The van der Waals surface area contributed by atoms with E-state index < -0.39 is 6.04 Å². The van der Waals surface area contributed by atoms with Gasteiger partial charge in [0.25, 0.3) is 0 Å². The van der Waals surface area contributed by atoms with Crippen molar-refractivity contribution in [3.8, 4) is 0 Å². The number of amides is 1. The fourth-order valence-corrected chi connectivity index (χ4v) is 4.78. The third kappa shape index (κ3) is 5.03. The zero-order valence-corrected chi connectivity index (χ0v) is 19.1. The van der Waals surface area contributed by atoms with Gasteiger partial charge in [0.1, 0.15) is 23.0 Å². The normalized spacial score (nSPS) is 15.7. The van der Waals surface area contributed by atoms with E-state index in [2.05, 4.69) is 57.5 Å². The molecule has 3 heterocycles. The summed E-state index contributed by atoms with van der Waals surface area (Å²) in [6, 6.07) is 7.88. The molecule has 8 heteroatoms. The predicted molar refractivity (Wildman–Crippen MR) is 124 cm³/mol. The van der Waals surface area contributed by atoms with Gasteiger partial charge in [0.2, 0.25) is 5.91 Å². The Morgan fingerprint density at radius 3 is 2.71 bits per heavy atom. The van der Waals surface area contributed by atoms with E-state index in [1.807, 2.05) is 13.0 Å². The van der Waals surface area contributed by atoms with Crippen LogP contribution >= 0.6 is 11.3 Å². The SMILES string of the molecule is Cc1sc2ncnc(NC(C)C(=O)NCc3ccccc3CN3CCOCC3)c2c1C. The molecule has 4 rings (SSSR count). The summed E-state index contributed by atoms with van der Waals surface area (Å²) in [6.45, 7) is 10.8. The van der Waals surface area contributed by atoms with Crippen molar-refractivity contribution in [2.75, 3.05) is 31.6 Å². The number of hydrogen-bond donors (Lipinski definition) is 2. The van der Waals surface area contributed by atoms with Crippen LogP contribution in [0.15, 0.2) is 30.6 Å². The molecule has 1 saturated heterocycles. The molecule has 1 aromatic carbocycles. The lowest BCUT2D eigenvalue weighted by atomic mass is 10.1. The van der Waals surface area contributed by atoms with Crippen molar-refractivity contribution in [1.29, 1.82) is 0 Å². The van der Waals surface area contributed by atoms with Gasteiger partial charge >= 0.3 is 0 Å². The van der Waals surface area contributed by atoms with Crippen LogP contribution in [-0.4, -0.2) is 53.1 Å². The zero-order valence-electron chi connectivity index (χ0n) is 18.3. The second-order valence-corrected chi connectivity index (χ2v) is 9.13. The fraction of sp³-hybridized carbons (Fsp3) is 0.435. The van der Waals surface area contributed by atoms with Gasteiger partial charge in [0.15, 0.2) is 0 Å². The molecule has 3 aromatic rings. The summed E-state index contributed by atoms with van der Waals surface area (Å²) in [4.78, 5) is 26.1. The van der Waals surface area contributed by atoms with Crippen LogP contribution in [0.4, 0.5) is 5.82 Å². The van der Waals surface area contributed by atoms with Crippen LogP contribution in [0.2, 0.25) is 0 Å². The Labute approximate surface area is 186 Å². The van der Waals surface area contributed by atoms with E-state index in [4.69, 9.17) is 4.74 Å². The smallest absolute Gasteiger partial charge is 0.242 e. The van der Waals surface area contributed by atoms with E-state index in [1.165, 1.54) is 10.4 Å². The number of carbonyl (C=O) groups is 1. The maximum absolute atomic E-state index is 12.8. The Hall–Kier alpha value is -2.55. The van der Waals surface area contributed by atoms with E-state index in [0.29, 0.717) is 12.4 Å².